The van der Waals surface area contributed by atoms with E-state index in [1.807, 2.05) is 0 Å². The van der Waals surface area contributed by atoms with Crippen LogP contribution in [0.5, 0.6) is 0 Å². The lowest BCUT2D eigenvalue weighted by Crippen LogP contribution is -2.61. The fourth-order valence-corrected chi connectivity index (χ4v) is 12.1. The van der Waals surface area contributed by atoms with Gasteiger partial charge in [0.25, 0.3) is 6.71 Å². The molecule has 13 aromatic rings. The second-order valence-electron chi connectivity index (χ2n) is 18.9. The minimum Gasteiger partial charge on any atom is -0.311 e. The Labute approximate surface area is 418 Å². The van der Waals surface area contributed by atoms with Gasteiger partial charge in [-0.15, -0.1) is 0 Å². The van der Waals surface area contributed by atoms with Crippen molar-refractivity contribution in [1.82, 2.24) is 4.40 Å². The Morgan fingerprint density at radius 2 is 0.708 bits per heavy atom. The van der Waals surface area contributed by atoms with Gasteiger partial charge >= 0.3 is 0 Å². The van der Waals surface area contributed by atoms with Crippen molar-refractivity contribution >= 4 is 129 Å². The molecular formula is C66H44BN5. The predicted octanol–water partition coefficient (Wildman–Crippen LogP) is 15.9. The third-order valence-electron chi connectivity index (χ3n) is 15.0. The van der Waals surface area contributed by atoms with Crippen LogP contribution in [0.1, 0.15) is 0 Å². The van der Waals surface area contributed by atoms with Crippen LogP contribution in [0, 0.1) is 0 Å². The van der Waals surface area contributed by atoms with Crippen molar-refractivity contribution < 1.29 is 0 Å². The fraction of sp³-hybridized carbons (Fsp3) is 0. The molecule has 4 heterocycles. The molecule has 0 radical (unpaired) electrons. The van der Waals surface area contributed by atoms with Gasteiger partial charge in [0.15, 0.2) is 0 Å². The van der Waals surface area contributed by atoms with Crippen LogP contribution in [-0.4, -0.2) is 11.1 Å². The molecule has 336 valence electrons. The maximum atomic E-state index is 2.56. The largest absolute Gasteiger partial charge is 0.311 e. The minimum absolute atomic E-state index is 0.0206. The number of nitrogens with zero attached hydrogens (tertiary/aromatic N) is 5. The lowest BCUT2D eigenvalue weighted by Gasteiger charge is -2.44. The second kappa shape index (κ2) is 16.0. The summed E-state index contributed by atoms with van der Waals surface area (Å²) in [7, 11) is 0. The van der Waals surface area contributed by atoms with Crippen molar-refractivity contribution in [3.63, 3.8) is 0 Å². The van der Waals surface area contributed by atoms with E-state index in [4.69, 9.17) is 0 Å². The quantitative estimate of drug-likeness (QED) is 0.141. The van der Waals surface area contributed by atoms with Gasteiger partial charge in [-0.1, -0.05) is 133 Å². The molecule has 0 saturated carbocycles. The number of aromatic nitrogens is 1. The Balaban J connectivity index is 1.06. The molecule has 2 aromatic heterocycles. The Morgan fingerprint density at radius 1 is 0.278 bits per heavy atom. The third-order valence-corrected chi connectivity index (χ3v) is 15.0. The maximum Gasteiger partial charge on any atom is 0.252 e. The van der Waals surface area contributed by atoms with Crippen LogP contribution < -0.4 is 36.0 Å². The van der Waals surface area contributed by atoms with Crippen LogP contribution in [-0.2, 0) is 0 Å². The molecule has 0 atom stereocenters. The first kappa shape index (κ1) is 40.4. The van der Waals surface area contributed by atoms with Gasteiger partial charge in [-0.25, -0.2) is 0 Å². The van der Waals surface area contributed by atoms with Gasteiger partial charge in [0.2, 0.25) is 0 Å². The summed E-state index contributed by atoms with van der Waals surface area (Å²) in [5.41, 5.74) is 21.2. The molecule has 0 saturated heterocycles. The molecule has 11 aromatic carbocycles. The molecule has 0 N–H and O–H groups in total. The van der Waals surface area contributed by atoms with Gasteiger partial charge in [0.05, 0.1) is 16.6 Å². The zero-order valence-electron chi connectivity index (χ0n) is 39.2. The van der Waals surface area contributed by atoms with Crippen molar-refractivity contribution in [2.45, 2.75) is 0 Å². The first-order valence-electron chi connectivity index (χ1n) is 24.8. The van der Waals surface area contributed by atoms with Gasteiger partial charge in [-0.2, -0.15) is 0 Å². The van der Waals surface area contributed by atoms with Crippen molar-refractivity contribution in [3.05, 3.63) is 267 Å². The molecule has 5 nitrogen and oxygen atoms in total. The highest BCUT2D eigenvalue weighted by Crippen LogP contribution is 2.49. The Hall–Kier alpha value is -9.52. The van der Waals surface area contributed by atoms with E-state index in [0.717, 1.165) is 45.5 Å². The molecule has 6 heteroatoms. The van der Waals surface area contributed by atoms with Gasteiger partial charge in [-0.3, -0.25) is 0 Å². The Kier molecular flexibility index (Phi) is 8.99. The van der Waals surface area contributed by atoms with Crippen LogP contribution in [0.2, 0.25) is 0 Å². The van der Waals surface area contributed by atoms with Crippen molar-refractivity contribution in [1.29, 1.82) is 0 Å². The monoisotopic (exact) mass is 917 g/mol. The smallest absolute Gasteiger partial charge is 0.252 e. The first-order valence-corrected chi connectivity index (χ1v) is 24.8. The number of para-hydroxylation sites is 7. The molecule has 72 heavy (non-hydrogen) atoms. The first-order chi connectivity index (χ1) is 35.8. The Bertz CT molecular complexity index is 4090. The van der Waals surface area contributed by atoms with E-state index in [-0.39, 0.29) is 6.71 Å². The van der Waals surface area contributed by atoms with E-state index >= 15 is 0 Å². The standard InChI is InChI=1S/C66H44BN5/c1-7-22-45(23-8-1)68(46-24-9-2-10-25-46)51-38-39-59-53(40-51)55-41-52(69(47-26-11-3-12-27-47)48-28-13-4-14-29-48)42-56-54-43-64-58(44-63(54)72(59)66(55)56)67-57-34-19-20-35-60(57)70(49-30-15-5-16-31-49)61-36-21-37-62(65(61)67)71(64)50-32-17-6-18-33-50/h1-44H. The number of hydrogen-bond acceptors (Lipinski definition) is 4. The average Bonchev–Trinajstić information content (AvgIpc) is 3.95. The van der Waals surface area contributed by atoms with Crippen LogP contribution in [0.15, 0.2) is 267 Å². The summed E-state index contributed by atoms with van der Waals surface area (Å²) in [6, 6.07) is 97.7. The summed E-state index contributed by atoms with van der Waals surface area (Å²) in [5.74, 6) is 0. The molecule has 0 unspecified atom stereocenters. The molecule has 0 bridgehead atoms. The highest BCUT2D eigenvalue weighted by atomic mass is 15.2. The molecule has 0 amide bonds. The van der Waals surface area contributed by atoms with E-state index in [1.54, 1.807) is 0 Å². The maximum absolute atomic E-state index is 2.56. The predicted molar refractivity (Wildman–Crippen MR) is 304 cm³/mol. The van der Waals surface area contributed by atoms with Crippen molar-refractivity contribution in [3.8, 4) is 0 Å². The van der Waals surface area contributed by atoms with Gasteiger partial charge in [0.1, 0.15) is 0 Å². The molecule has 2 aliphatic heterocycles. The van der Waals surface area contributed by atoms with Gasteiger partial charge in [-0.05, 0) is 150 Å². The molecule has 0 fully saturated rings. The zero-order chi connectivity index (χ0) is 47.3. The second-order valence-corrected chi connectivity index (χ2v) is 18.9. The molecular weight excluding hydrogens is 874 g/mol. The topological polar surface area (TPSA) is 17.4 Å². The summed E-state index contributed by atoms with van der Waals surface area (Å²) < 4.78 is 2.56. The number of anilines is 12. The van der Waals surface area contributed by atoms with Crippen LogP contribution in [0.3, 0.4) is 0 Å². The van der Waals surface area contributed by atoms with E-state index in [0.29, 0.717) is 0 Å². The van der Waals surface area contributed by atoms with E-state index in [2.05, 4.69) is 291 Å². The zero-order valence-corrected chi connectivity index (χ0v) is 39.2. The molecule has 15 rings (SSSR count). The highest BCUT2D eigenvalue weighted by molar-refractivity contribution is 7.00. The number of rotatable bonds is 8. The van der Waals surface area contributed by atoms with Crippen molar-refractivity contribution in [2.24, 2.45) is 0 Å². The van der Waals surface area contributed by atoms with Crippen molar-refractivity contribution in [2.75, 3.05) is 19.6 Å². The van der Waals surface area contributed by atoms with E-state index in [9.17, 15) is 0 Å². The summed E-state index contributed by atoms with van der Waals surface area (Å²) in [6.45, 7) is -0.0206. The molecule has 0 spiro atoms. The lowest BCUT2D eigenvalue weighted by atomic mass is 9.33. The van der Waals surface area contributed by atoms with Gasteiger partial charge < -0.3 is 24.0 Å². The average molecular weight is 918 g/mol. The number of hydrogen-bond donors (Lipinski definition) is 0. The lowest BCUT2D eigenvalue weighted by molar-refractivity contribution is 1.25. The third kappa shape index (κ3) is 6.02. The highest BCUT2D eigenvalue weighted by Gasteiger charge is 2.43. The molecule has 0 aliphatic carbocycles. The van der Waals surface area contributed by atoms with Crippen LogP contribution in [0.4, 0.5) is 68.2 Å². The number of benzene rings is 11. The summed E-state index contributed by atoms with van der Waals surface area (Å²) in [4.78, 5) is 9.76. The number of fused-ring (bicyclic) bond motifs is 10. The Morgan fingerprint density at radius 3 is 1.25 bits per heavy atom. The summed E-state index contributed by atoms with van der Waals surface area (Å²) >= 11 is 0. The minimum atomic E-state index is -0.0206. The van der Waals surface area contributed by atoms with E-state index < -0.39 is 0 Å². The van der Waals surface area contributed by atoms with Crippen LogP contribution in [0.25, 0.3) is 38.1 Å². The normalized spacial score (nSPS) is 12.6. The van der Waals surface area contributed by atoms with Gasteiger partial charge in [0, 0.05) is 89.8 Å². The summed E-state index contributed by atoms with van der Waals surface area (Å²) in [6.07, 6.45) is 0. The molecule has 2 aliphatic rings. The SMILES string of the molecule is c1ccc(N(c2ccccc2)c2ccc3c(c2)c2cc(N(c4ccccc4)c4ccccc4)cc4c5cc6c(cc5n3c24)B2c3ccccc3N(c3ccccc3)c3cccc(c32)N6c2ccccc2)cc1. The summed E-state index contributed by atoms with van der Waals surface area (Å²) in [5, 5.41) is 4.84. The fourth-order valence-electron chi connectivity index (χ4n) is 12.1. The van der Waals surface area contributed by atoms with Crippen LogP contribution >= 0.6 is 0 Å². The van der Waals surface area contributed by atoms with E-state index in [1.165, 1.54) is 77.2 Å².